The van der Waals surface area contributed by atoms with Gasteiger partial charge in [0, 0.05) is 18.7 Å². The third kappa shape index (κ3) is 6.11. The van der Waals surface area contributed by atoms with Crippen molar-refractivity contribution in [2.24, 2.45) is 0 Å². The van der Waals surface area contributed by atoms with Gasteiger partial charge in [0.25, 0.3) is 0 Å². The molecular weight excluding hydrogens is 222 g/mol. The Morgan fingerprint density at radius 3 is 2.56 bits per heavy atom. The molecule has 0 radical (unpaired) electrons. The van der Waals surface area contributed by atoms with Gasteiger partial charge in [-0.05, 0) is 50.0 Å². The second-order valence-corrected chi connectivity index (χ2v) is 4.26. The van der Waals surface area contributed by atoms with Crippen LogP contribution in [0.25, 0.3) is 0 Å². The van der Waals surface area contributed by atoms with Gasteiger partial charge < -0.3 is 10.1 Å². The SMILES string of the molecule is COCCCCNCCc1ccc(Cl)cc1. The van der Waals surface area contributed by atoms with Gasteiger partial charge in [-0.3, -0.25) is 0 Å². The third-order valence-corrected chi connectivity index (χ3v) is 2.71. The standard InChI is InChI=1S/C13H20ClNO/c1-16-11-3-2-9-15-10-8-12-4-6-13(14)7-5-12/h4-7,15H,2-3,8-11H2,1H3. The van der Waals surface area contributed by atoms with E-state index in [1.807, 2.05) is 12.1 Å². The molecule has 90 valence electrons. The van der Waals surface area contributed by atoms with Gasteiger partial charge in [-0.15, -0.1) is 0 Å². The van der Waals surface area contributed by atoms with Gasteiger partial charge in [-0.2, -0.15) is 0 Å². The Hall–Kier alpha value is -0.570. The van der Waals surface area contributed by atoms with Gasteiger partial charge in [0.05, 0.1) is 0 Å². The van der Waals surface area contributed by atoms with Crippen molar-refractivity contribution in [3.63, 3.8) is 0 Å². The Morgan fingerprint density at radius 2 is 1.88 bits per heavy atom. The number of benzene rings is 1. The minimum atomic E-state index is 0.802. The summed E-state index contributed by atoms with van der Waals surface area (Å²) in [5, 5.41) is 4.22. The Bertz CT molecular complexity index is 274. The van der Waals surface area contributed by atoms with Crippen LogP contribution in [-0.2, 0) is 11.2 Å². The predicted molar refractivity (Wildman–Crippen MR) is 69.1 cm³/mol. The zero-order valence-electron chi connectivity index (χ0n) is 9.84. The van der Waals surface area contributed by atoms with E-state index in [9.17, 15) is 0 Å². The number of hydrogen-bond acceptors (Lipinski definition) is 2. The molecule has 0 bridgehead atoms. The highest BCUT2D eigenvalue weighted by molar-refractivity contribution is 6.30. The lowest BCUT2D eigenvalue weighted by Crippen LogP contribution is -2.18. The molecule has 0 aliphatic rings. The maximum Gasteiger partial charge on any atom is 0.0462 e. The molecule has 2 nitrogen and oxygen atoms in total. The van der Waals surface area contributed by atoms with E-state index >= 15 is 0 Å². The van der Waals surface area contributed by atoms with Crippen molar-refractivity contribution >= 4 is 11.6 Å². The largest absolute Gasteiger partial charge is 0.385 e. The van der Waals surface area contributed by atoms with Crippen molar-refractivity contribution in [1.82, 2.24) is 5.32 Å². The average molecular weight is 242 g/mol. The lowest BCUT2D eigenvalue weighted by molar-refractivity contribution is 0.192. The maximum absolute atomic E-state index is 5.82. The maximum atomic E-state index is 5.82. The lowest BCUT2D eigenvalue weighted by atomic mass is 10.1. The first-order chi connectivity index (χ1) is 7.83. The first-order valence-corrected chi connectivity index (χ1v) is 6.15. The van der Waals surface area contributed by atoms with Crippen LogP contribution >= 0.6 is 11.6 Å². The summed E-state index contributed by atoms with van der Waals surface area (Å²) in [7, 11) is 1.74. The Morgan fingerprint density at radius 1 is 1.12 bits per heavy atom. The minimum Gasteiger partial charge on any atom is -0.385 e. The van der Waals surface area contributed by atoms with Crippen molar-refractivity contribution in [3.05, 3.63) is 34.9 Å². The average Bonchev–Trinajstić information content (AvgIpc) is 2.30. The second-order valence-electron chi connectivity index (χ2n) is 3.83. The number of halogens is 1. The molecule has 0 saturated carbocycles. The van der Waals surface area contributed by atoms with Crippen molar-refractivity contribution < 1.29 is 4.74 Å². The summed E-state index contributed by atoms with van der Waals surface area (Å²) in [5.74, 6) is 0. The van der Waals surface area contributed by atoms with Crippen LogP contribution in [0.2, 0.25) is 5.02 Å². The van der Waals surface area contributed by atoms with Gasteiger partial charge in [0.15, 0.2) is 0 Å². The van der Waals surface area contributed by atoms with Crippen molar-refractivity contribution in [2.75, 3.05) is 26.8 Å². The molecule has 0 aromatic heterocycles. The number of methoxy groups -OCH3 is 1. The summed E-state index contributed by atoms with van der Waals surface area (Å²) in [5.41, 5.74) is 1.33. The van der Waals surface area contributed by atoms with Crippen LogP contribution in [0.4, 0.5) is 0 Å². The molecule has 0 aliphatic heterocycles. The Kier molecular flexibility index (Phi) is 7.23. The van der Waals surface area contributed by atoms with E-state index in [0.29, 0.717) is 0 Å². The molecule has 1 rings (SSSR count). The van der Waals surface area contributed by atoms with Crippen LogP contribution in [0.5, 0.6) is 0 Å². The van der Waals surface area contributed by atoms with Crippen LogP contribution in [0, 0.1) is 0 Å². The van der Waals surface area contributed by atoms with Crippen LogP contribution in [0.1, 0.15) is 18.4 Å². The second kappa shape index (κ2) is 8.57. The highest BCUT2D eigenvalue weighted by Crippen LogP contribution is 2.09. The molecule has 1 aromatic carbocycles. The van der Waals surface area contributed by atoms with Gasteiger partial charge in [0.2, 0.25) is 0 Å². The van der Waals surface area contributed by atoms with E-state index in [1.165, 1.54) is 12.0 Å². The molecule has 0 atom stereocenters. The minimum absolute atomic E-state index is 0.802. The predicted octanol–water partition coefficient (Wildman–Crippen LogP) is 2.90. The number of unbranched alkanes of at least 4 members (excludes halogenated alkanes) is 1. The fourth-order valence-electron chi connectivity index (χ4n) is 1.51. The molecule has 0 aliphatic carbocycles. The third-order valence-electron chi connectivity index (χ3n) is 2.46. The first-order valence-electron chi connectivity index (χ1n) is 5.77. The van der Waals surface area contributed by atoms with Gasteiger partial charge in [-0.1, -0.05) is 23.7 Å². The molecule has 0 saturated heterocycles. The lowest BCUT2D eigenvalue weighted by Gasteiger charge is -2.04. The van der Waals surface area contributed by atoms with Gasteiger partial charge >= 0.3 is 0 Å². The Labute approximate surface area is 103 Å². The molecule has 0 spiro atoms. The molecule has 0 heterocycles. The normalized spacial score (nSPS) is 10.6. The summed E-state index contributed by atoms with van der Waals surface area (Å²) in [4.78, 5) is 0. The van der Waals surface area contributed by atoms with Crippen LogP contribution in [0.15, 0.2) is 24.3 Å². The molecule has 3 heteroatoms. The van der Waals surface area contributed by atoms with Crippen molar-refractivity contribution in [1.29, 1.82) is 0 Å². The highest BCUT2D eigenvalue weighted by atomic mass is 35.5. The fourth-order valence-corrected chi connectivity index (χ4v) is 1.63. The van der Waals surface area contributed by atoms with Crippen molar-refractivity contribution in [2.45, 2.75) is 19.3 Å². The van der Waals surface area contributed by atoms with E-state index in [4.69, 9.17) is 16.3 Å². The first kappa shape index (κ1) is 13.5. The van der Waals surface area contributed by atoms with E-state index < -0.39 is 0 Å². The molecular formula is C13H20ClNO. The molecule has 0 fully saturated rings. The molecule has 1 N–H and O–H groups in total. The summed E-state index contributed by atoms with van der Waals surface area (Å²) < 4.78 is 4.99. The van der Waals surface area contributed by atoms with Crippen LogP contribution in [0.3, 0.4) is 0 Å². The topological polar surface area (TPSA) is 21.3 Å². The van der Waals surface area contributed by atoms with E-state index in [0.717, 1.165) is 37.6 Å². The quantitative estimate of drug-likeness (QED) is 0.707. The summed E-state index contributed by atoms with van der Waals surface area (Å²) in [6, 6.07) is 8.04. The number of nitrogens with one attached hydrogen (secondary N) is 1. The van der Waals surface area contributed by atoms with Gasteiger partial charge in [-0.25, -0.2) is 0 Å². The zero-order chi connectivity index (χ0) is 11.6. The fraction of sp³-hybridized carbons (Fsp3) is 0.538. The monoisotopic (exact) mass is 241 g/mol. The van der Waals surface area contributed by atoms with Crippen molar-refractivity contribution in [3.8, 4) is 0 Å². The number of hydrogen-bond donors (Lipinski definition) is 1. The molecule has 0 amide bonds. The number of rotatable bonds is 8. The highest BCUT2D eigenvalue weighted by Gasteiger charge is 1.93. The number of ether oxygens (including phenoxy) is 1. The summed E-state index contributed by atoms with van der Waals surface area (Å²) >= 11 is 5.82. The van der Waals surface area contributed by atoms with E-state index in [1.54, 1.807) is 7.11 Å². The van der Waals surface area contributed by atoms with E-state index in [2.05, 4.69) is 17.4 Å². The Balaban J connectivity index is 2.01. The molecule has 1 aromatic rings. The van der Waals surface area contributed by atoms with Crippen LogP contribution in [-0.4, -0.2) is 26.8 Å². The zero-order valence-corrected chi connectivity index (χ0v) is 10.6. The van der Waals surface area contributed by atoms with Crippen LogP contribution < -0.4 is 5.32 Å². The van der Waals surface area contributed by atoms with E-state index in [-0.39, 0.29) is 0 Å². The van der Waals surface area contributed by atoms with Gasteiger partial charge in [0.1, 0.15) is 0 Å². The molecule has 0 unspecified atom stereocenters. The summed E-state index contributed by atoms with van der Waals surface area (Å²) in [6.45, 7) is 2.95. The smallest absolute Gasteiger partial charge is 0.0462 e. The summed E-state index contributed by atoms with van der Waals surface area (Å²) in [6.07, 6.45) is 3.36. The molecule has 16 heavy (non-hydrogen) atoms.